The Labute approximate surface area is 132 Å². The molecule has 2 unspecified atom stereocenters. The molecule has 1 aromatic carbocycles. The molecule has 116 valence electrons. The predicted octanol–water partition coefficient (Wildman–Crippen LogP) is 2.25. The summed E-state index contributed by atoms with van der Waals surface area (Å²) in [6, 6.07) is 9.95. The highest BCUT2D eigenvalue weighted by Crippen LogP contribution is 2.39. The van der Waals surface area contributed by atoms with Gasteiger partial charge in [-0.25, -0.2) is 0 Å². The van der Waals surface area contributed by atoms with E-state index in [9.17, 15) is 4.79 Å². The van der Waals surface area contributed by atoms with Gasteiger partial charge >= 0.3 is 0 Å². The van der Waals surface area contributed by atoms with E-state index in [1.165, 1.54) is 5.56 Å². The van der Waals surface area contributed by atoms with Crippen LogP contribution in [-0.2, 0) is 11.3 Å². The molecule has 1 saturated carbocycles. The van der Waals surface area contributed by atoms with E-state index >= 15 is 0 Å². The molecule has 1 amide bonds. The summed E-state index contributed by atoms with van der Waals surface area (Å²) < 4.78 is 0. The highest BCUT2D eigenvalue weighted by Gasteiger charge is 2.41. The number of nitriles is 1. The first-order chi connectivity index (χ1) is 10.7. The number of nitrogens with zero attached hydrogens (tertiary/aromatic N) is 3. The van der Waals surface area contributed by atoms with Gasteiger partial charge in [0, 0.05) is 38.6 Å². The largest absolute Gasteiger partial charge is 0.341 e. The number of benzene rings is 1. The molecule has 0 N–H and O–H groups in total. The van der Waals surface area contributed by atoms with Crippen molar-refractivity contribution in [3.63, 3.8) is 0 Å². The van der Waals surface area contributed by atoms with Crippen LogP contribution >= 0.6 is 0 Å². The van der Waals surface area contributed by atoms with Crippen molar-refractivity contribution in [3.8, 4) is 6.07 Å². The van der Waals surface area contributed by atoms with Crippen LogP contribution in [-0.4, -0.2) is 41.9 Å². The van der Waals surface area contributed by atoms with Gasteiger partial charge in [-0.1, -0.05) is 19.1 Å². The number of hydrogen-bond acceptors (Lipinski definition) is 3. The van der Waals surface area contributed by atoms with Gasteiger partial charge in [-0.2, -0.15) is 5.26 Å². The Balaban J connectivity index is 1.53. The second kappa shape index (κ2) is 6.50. The van der Waals surface area contributed by atoms with E-state index < -0.39 is 0 Å². The fourth-order valence-corrected chi connectivity index (χ4v) is 3.19. The van der Waals surface area contributed by atoms with Crippen molar-refractivity contribution in [2.45, 2.75) is 26.3 Å². The van der Waals surface area contributed by atoms with E-state index in [-0.39, 0.29) is 0 Å². The predicted molar refractivity (Wildman–Crippen MR) is 84.9 cm³/mol. The van der Waals surface area contributed by atoms with Crippen molar-refractivity contribution < 1.29 is 4.79 Å². The maximum absolute atomic E-state index is 12.3. The SMILES string of the molecule is CC1CC1C(=O)N1CCCN(Cc2ccc(C#N)cc2)CC1. The van der Waals surface area contributed by atoms with Crippen LogP contribution in [0.5, 0.6) is 0 Å². The number of carbonyl (C=O) groups is 1. The number of carbonyl (C=O) groups excluding carboxylic acids is 1. The van der Waals surface area contributed by atoms with Crippen molar-refractivity contribution >= 4 is 5.91 Å². The van der Waals surface area contributed by atoms with E-state index in [4.69, 9.17) is 5.26 Å². The van der Waals surface area contributed by atoms with Crippen LogP contribution in [0.3, 0.4) is 0 Å². The average Bonchev–Trinajstić information content (AvgIpc) is 3.30. The third-order valence-electron chi connectivity index (χ3n) is 4.82. The number of rotatable bonds is 3. The van der Waals surface area contributed by atoms with Gasteiger partial charge in [0.2, 0.25) is 5.91 Å². The molecule has 1 aliphatic heterocycles. The molecule has 4 nitrogen and oxygen atoms in total. The standard InChI is InChI=1S/C18H23N3O/c1-14-11-17(14)18(22)21-8-2-7-20(9-10-21)13-16-5-3-15(12-19)4-6-16/h3-6,14,17H,2,7-11,13H2,1H3. The molecule has 3 rings (SSSR count). The van der Waals surface area contributed by atoms with Crippen molar-refractivity contribution in [1.29, 1.82) is 5.26 Å². The van der Waals surface area contributed by atoms with Crippen molar-refractivity contribution in [2.24, 2.45) is 11.8 Å². The molecule has 0 radical (unpaired) electrons. The zero-order chi connectivity index (χ0) is 15.5. The molecular weight excluding hydrogens is 274 g/mol. The van der Waals surface area contributed by atoms with Crippen LogP contribution in [0.25, 0.3) is 0 Å². The minimum atomic E-state index is 0.296. The Morgan fingerprint density at radius 2 is 1.95 bits per heavy atom. The first kappa shape index (κ1) is 15.1. The molecule has 0 bridgehead atoms. The lowest BCUT2D eigenvalue weighted by Crippen LogP contribution is -2.36. The Hall–Kier alpha value is -1.86. The minimum Gasteiger partial charge on any atom is -0.341 e. The zero-order valence-electron chi connectivity index (χ0n) is 13.2. The van der Waals surface area contributed by atoms with Crippen molar-refractivity contribution in [2.75, 3.05) is 26.2 Å². The van der Waals surface area contributed by atoms with Crippen LogP contribution in [0.1, 0.15) is 30.9 Å². The minimum absolute atomic E-state index is 0.296. The Morgan fingerprint density at radius 1 is 1.23 bits per heavy atom. The summed E-state index contributed by atoms with van der Waals surface area (Å²) in [4.78, 5) is 16.8. The highest BCUT2D eigenvalue weighted by molar-refractivity contribution is 5.81. The van der Waals surface area contributed by atoms with Crippen LogP contribution < -0.4 is 0 Å². The average molecular weight is 297 g/mol. The quantitative estimate of drug-likeness (QED) is 0.859. The molecule has 1 aromatic rings. The Kier molecular flexibility index (Phi) is 4.44. The van der Waals surface area contributed by atoms with Gasteiger partial charge in [0.15, 0.2) is 0 Å². The molecular formula is C18H23N3O. The highest BCUT2D eigenvalue weighted by atomic mass is 16.2. The third kappa shape index (κ3) is 3.48. The fourth-order valence-electron chi connectivity index (χ4n) is 3.19. The fraction of sp³-hybridized carbons (Fsp3) is 0.556. The van der Waals surface area contributed by atoms with E-state index in [0.29, 0.717) is 23.3 Å². The molecule has 1 saturated heterocycles. The summed E-state index contributed by atoms with van der Waals surface area (Å²) >= 11 is 0. The van der Waals surface area contributed by atoms with E-state index in [1.807, 2.05) is 24.3 Å². The molecule has 2 fully saturated rings. The van der Waals surface area contributed by atoms with Gasteiger partial charge in [0.05, 0.1) is 11.6 Å². The van der Waals surface area contributed by atoms with Crippen LogP contribution in [0.2, 0.25) is 0 Å². The lowest BCUT2D eigenvalue weighted by molar-refractivity contribution is -0.132. The van der Waals surface area contributed by atoms with E-state index in [1.54, 1.807) is 0 Å². The molecule has 4 heteroatoms. The molecule has 2 aliphatic rings. The van der Waals surface area contributed by atoms with Crippen LogP contribution in [0.4, 0.5) is 0 Å². The first-order valence-electron chi connectivity index (χ1n) is 8.17. The summed E-state index contributed by atoms with van der Waals surface area (Å²) in [6.45, 7) is 6.77. The van der Waals surface area contributed by atoms with Gasteiger partial charge in [0.25, 0.3) is 0 Å². The molecule has 22 heavy (non-hydrogen) atoms. The van der Waals surface area contributed by atoms with Gasteiger partial charge in [0.1, 0.15) is 0 Å². The monoisotopic (exact) mass is 297 g/mol. The normalized spacial score (nSPS) is 25.4. The topological polar surface area (TPSA) is 47.3 Å². The summed E-state index contributed by atoms with van der Waals surface area (Å²) in [6.07, 6.45) is 2.12. The number of hydrogen-bond donors (Lipinski definition) is 0. The second-order valence-corrected chi connectivity index (χ2v) is 6.58. The van der Waals surface area contributed by atoms with Crippen LogP contribution in [0.15, 0.2) is 24.3 Å². The maximum Gasteiger partial charge on any atom is 0.226 e. The van der Waals surface area contributed by atoms with Crippen LogP contribution in [0, 0.1) is 23.2 Å². The lowest BCUT2D eigenvalue weighted by atomic mass is 10.1. The summed E-state index contributed by atoms with van der Waals surface area (Å²) in [5, 5.41) is 8.84. The molecule has 1 heterocycles. The Morgan fingerprint density at radius 3 is 2.59 bits per heavy atom. The van der Waals surface area contributed by atoms with Gasteiger partial charge in [-0.15, -0.1) is 0 Å². The van der Waals surface area contributed by atoms with Gasteiger partial charge in [-0.3, -0.25) is 9.69 Å². The second-order valence-electron chi connectivity index (χ2n) is 6.58. The molecule has 1 aliphatic carbocycles. The summed E-state index contributed by atoms with van der Waals surface area (Å²) in [7, 11) is 0. The first-order valence-corrected chi connectivity index (χ1v) is 8.17. The summed E-state index contributed by atoms with van der Waals surface area (Å²) in [5.41, 5.74) is 1.93. The smallest absolute Gasteiger partial charge is 0.226 e. The molecule has 0 spiro atoms. The maximum atomic E-state index is 12.3. The van der Waals surface area contributed by atoms with Crippen molar-refractivity contribution in [1.82, 2.24) is 9.80 Å². The zero-order valence-corrected chi connectivity index (χ0v) is 13.2. The third-order valence-corrected chi connectivity index (χ3v) is 4.82. The molecule has 0 aromatic heterocycles. The summed E-state index contributed by atoms with van der Waals surface area (Å²) in [5.74, 6) is 1.25. The van der Waals surface area contributed by atoms with Gasteiger partial charge in [-0.05, 0) is 36.5 Å². The lowest BCUT2D eigenvalue weighted by Gasteiger charge is -2.22. The van der Waals surface area contributed by atoms with Gasteiger partial charge < -0.3 is 4.90 Å². The van der Waals surface area contributed by atoms with E-state index in [0.717, 1.165) is 45.6 Å². The Bertz CT molecular complexity index is 575. The molecule has 2 atom stereocenters. The van der Waals surface area contributed by atoms with E-state index in [2.05, 4.69) is 22.8 Å². The number of amides is 1. The van der Waals surface area contributed by atoms with Crippen molar-refractivity contribution in [3.05, 3.63) is 35.4 Å².